The van der Waals surface area contributed by atoms with E-state index >= 15 is 0 Å². The topological polar surface area (TPSA) is 92.5 Å². The van der Waals surface area contributed by atoms with Gasteiger partial charge in [0.25, 0.3) is 5.69 Å². The number of nitro groups is 1. The van der Waals surface area contributed by atoms with Crippen LogP contribution < -0.4 is 5.32 Å². The van der Waals surface area contributed by atoms with Crippen molar-refractivity contribution < 1.29 is 28.0 Å². The molecule has 21 heavy (non-hydrogen) atoms. The van der Waals surface area contributed by atoms with Gasteiger partial charge in [0.2, 0.25) is 5.54 Å². The second-order valence-electron chi connectivity index (χ2n) is 4.31. The number of alkyl halides is 3. The van der Waals surface area contributed by atoms with Gasteiger partial charge in [0, 0.05) is 23.2 Å². The van der Waals surface area contributed by atoms with Crippen molar-refractivity contribution in [3.63, 3.8) is 0 Å². The SMILES string of the molecule is CC(NCc1cc(Cl)ccc1[N+](=O)[O-])(C(=O)O)C(F)(F)F. The summed E-state index contributed by atoms with van der Waals surface area (Å²) in [5.74, 6) is -2.14. The van der Waals surface area contributed by atoms with Gasteiger partial charge in [0.1, 0.15) is 0 Å². The molecule has 1 atom stereocenters. The Hall–Kier alpha value is -1.87. The summed E-state index contributed by atoms with van der Waals surface area (Å²) in [6.07, 6.45) is -5.08. The van der Waals surface area contributed by atoms with E-state index in [1.165, 1.54) is 6.07 Å². The van der Waals surface area contributed by atoms with Crippen LogP contribution in [0.2, 0.25) is 5.02 Å². The second kappa shape index (κ2) is 5.86. The first-order valence-corrected chi connectivity index (χ1v) is 5.85. The van der Waals surface area contributed by atoms with Crippen LogP contribution in [0.5, 0.6) is 0 Å². The van der Waals surface area contributed by atoms with Crippen molar-refractivity contribution in [3.05, 3.63) is 38.9 Å². The van der Waals surface area contributed by atoms with Gasteiger partial charge in [0.15, 0.2) is 0 Å². The van der Waals surface area contributed by atoms with E-state index in [-0.39, 0.29) is 10.6 Å². The monoisotopic (exact) mass is 326 g/mol. The summed E-state index contributed by atoms with van der Waals surface area (Å²) < 4.78 is 38.4. The standard InChI is InChI=1S/C11H10ClF3N2O4/c1-10(9(18)19,11(13,14)15)16-5-6-4-7(12)2-3-8(6)17(20)21/h2-4,16H,5H2,1H3,(H,18,19). The highest BCUT2D eigenvalue weighted by Crippen LogP contribution is 2.31. The molecule has 2 N–H and O–H groups in total. The zero-order valence-electron chi connectivity index (χ0n) is 10.6. The smallest absolute Gasteiger partial charge is 0.417 e. The summed E-state index contributed by atoms with van der Waals surface area (Å²) >= 11 is 5.64. The number of nitrogens with zero attached hydrogens (tertiary/aromatic N) is 1. The maximum Gasteiger partial charge on any atom is 0.417 e. The maximum absolute atomic E-state index is 12.8. The van der Waals surface area contributed by atoms with Crippen LogP contribution in [0, 0.1) is 10.1 Å². The summed E-state index contributed by atoms with van der Waals surface area (Å²) in [6, 6.07) is 3.35. The molecule has 0 aliphatic rings. The van der Waals surface area contributed by atoms with Gasteiger partial charge in [-0.25, -0.2) is 4.79 Å². The number of carboxylic acids is 1. The number of nitro benzene ring substituents is 1. The van der Waals surface area contributed by atoms with Gasteiger partial charge in [-0.3, -0.25) is 15.4 Å². The minimum Gasteiger partial charge on any atom is -0.480 e. The van der Waals surface area contributed by atoms with E-state index in [1.54, 1.807) is 5.32 Å². The van der Waals surface area contributed by atoms with Gasteiger partial charge in [-0.15, -0.1) is 0 Å². The minimum atomic E-state index is -5.08. The zero-order chi connectivity index (χ0) is 16.4. The lowest BCUT2D eigenvalue weighted by Crippen LogP contribution is -2.59. The Bertz CT molecular complexity index is 579. The van der Waals surface area contributed by atoms with Crippen LogP contribution in [0.15, 0.2) is 18.2 Å². The Balaban J connectivity index is 3.10. The van der Waals surface area contributed by atoms with Crippen molar-refractivity contribution >= 4 is 23.3 Å². The Morgan fingerprint density at radius 1 is 1.48 bits per heavy atom. The van der Waals surface area contributed by atoms with Crippen LogP contribution in [0.1, 0.15) is 12.5 Å². The molecule has 0 fully saturated rings. The molecule has 6 nitrogen and oxygen atoms in total. The molecule has 116 valence electrons. The predicted octanol–water partition coefficient (Wildman–Crippen LogP) is 2.74. The van der Waals surface area contributed by atoms with Crippen molar-refractivity contribution in [3.8, 4) is 0 Å². The number of nitrogens with one attached hydrogen (secondary N) is 1. The molecule has 0 heterocycles. The summed E-state index contributed by atoms with van der Waals surface area (Å²) in [5, 5.41) is 21.4. The van der Waals surface area contributed by atoms with Gasteiger partial charge >= 0.3 is 12.1 Å². The molecule has 0 aliphatic carbocycles. The van der Waals surface area contributed by atoms with Crippen LogP contribution in [0.25, 0.3) is 0 Å². The van der Waals surface area contributed by atoms with Crippen molar-refractivity contribution in [2.45, 2.75) is 25.2 Å². The maximum atomic E-state index is 12.8. The number of aliphatic carboxylic acids is 1. The lowest BCUT2D eigenvalue weighted by Gasteiger charge is -2.28. The fraction of sp³-hybridized carbons (Fsp3) is 0.364. The number of hydrogen-bond acceptors (Lipinski definition) is 4. The van der Waals surface area contributed by atoms with Gasteiger partial charge in [-0.1, -0.05) is 11.6 Å². The summed E-state index contributed by atoms with van der Waals surface area (Å²) in [5.41, 5.74) is -3.84. The van der Waals surface area contributed by atoms with Gasteiger partial charge in [-0.2, -0.15) is 13.2 Å². The molecule has 10 heteroatoms. The quantitative estimate of drug-likeness (QED) is 0.641. The van der Waals surface area contributed by atoms with Crippen LogP contribution in [0.4, 0.5) is 18.9 Å². The molecule has 0 spiro atoms. The second-order valence-corrected chi connectivity index (χ2v) is 4.75. The van der Waals surface area contributed by atoms with Crippen LogP contribution in [-0.2, 0) is 11.3 Å². The summed E-state index contributed by atoms with van der Waals surface area (Å²) in [4.78, 5) is 20.8. The first-order chi connectivity index (χ1) is 9.49. The average molecular weight is 327 g/mol. The third-order valence-electron chi connectivity index (χ3n) is 2.87. The summed E-state index contributed by atoms with van der Waals surface area (Å²) in [6.45, 7) is -0.245. The predicted molar refractivity (Wildman–Crippen MR) is 67.0 cm³/mol. The van der Waals surface area contributed by atoms with E-state index in [2.05, 4.69) is 0 Å². The van der Waals surface area contributed by atoms with E-state index in [0.717, 1.165) is 12.1 Å². The van der Waals surface area contributed by atoms with Crippen molar-refractivity contribution in [2.75, 3.05) is 0 Å². The third kappa shape index (κ3) is 3.61. The molecule has 0 aliphatic heterocycles. The molecule has 1 unspecified atom stereocenters. The number of rotatable bonds is 5. The van der Waals surface area contributed by atoms with Crippen LogP contribution in [-0.4, -0.2) is 27.7 Å². The Morgan fingerprint density at radius 2 is 2.05 bits per heavy atom. The minimum absolute atomic E-state index is 0.0847. The highest BCUT2D eigenvalue weighted by Gasteiger charge is 2.57. The average Bonchev–Trinajstić information content (AvgIpc) is 2.33. The Kier molecular flexibility index (Phi) is 4.79. The van der Waals surface area contributed by atoms with Crippen molar-refractivity contribution in [1.82, 2.24) is 5.32 Å². The molecule has 1 aromatic carbocycles. The largest absolute Gasteiger partial charge is 0.480 e. The van der Waals surface area contributed by atoms with Gasteiger partial charge in [0.05, 0.1) is 4.92 Å². The molecular weight excluding hydrogens is 317 g/mol. The van der Waals surface area contributed by atoms with Gasteiger partial charge < -0.3 is 5.11 Å². The highest BCUT2D eigenvalue weighted by atomic mass is 35.5. The number of carboxylic acid groups (broad SMARTS) is 1. The third-order valence-corrected chi connectivity index (χ3v) is 3.10. The molecule has 0 amide bonds. The molecule has 1 aromatic rings. The van der Waals surface area contributed by atoms with Crippen LogP contribution >= 0.6 is 11.6 Å². The van der Waals surface area contributed by atoms with E-state index in [0.29, 0.717) is 6.92 Å². The normalized spacial score (nSPS) is 14.5. The Morgan fingerprint density at radius 3 is 2.48 bits per heavy atom. The molecule has 1 rings (SSSR count). The Labute approximate surface area is 121 Å². The van der Waals surface area contributed by atoms with Gasteiger partial charge in [-0.05, 0) is 19.1 Å². The zero-order valence-corrected chi connectivity index (χ0v) is 11.3. The van der Waals surface area contributed by atoms with Crippen molar-refractivity contribution in [1.29, 1.82) is 0 Å². The van der Waals surface area contributed by atoms with E-state index < -0.39 is 34.8 Å². The molecule has 0 radical (unpaired) electrons. The molecule has 0 bridgehead atoms. The molecule has 0 saturated carbocycles. The van der Waals surface area contributed by atoms with E-state index in [9.17, 15) is 28.1 Å². The number of carbonyl (C=O) groups is 1. The number of benzene rings is 1. The number of halogens is 4. The van der Waals surface area contributed by atoms with E-state index in [1.807, 2.05) is 0 Å². The van der Waals surface area contributed by atoms with Crippen molar-refractivity contribution in [2.24, 2.45) is 0 Å². The fourth-order valence-corrected chi connectivity index (χ4v) is 1.64. The molecule has 0 saturated heterocycles. The number of hydrogen-bond donors (Lipinski definition) is 2. The van der Waals surface area contributed by atoms with Crippen LogP contribution in [0.3, 0.4) is 0 Å². The highest BCUT2D eigenvalue weighted by molar-refractivity contribution is 6.30. The lowest BCUT2D eigenvalue weighted by atomic mass is 10.0. The molecular formula is C11H10ClF3N2O4. The first kappa shape index (κ1) is 17.2. The fourth-order valence-electron chi connectivity index (χ4n) is 1.44. The lowest BCUT2D eigenvalue weighted by molar-refractivity contribution is -0.385. The van der Waals surface area contributed by atoms with E-state index in [4.69, 9.17) is 16.7 Å². The first-order valence-electron chi connectivity index (χ1n) is 5.47. The molecule has 0 aromatic heterocycles. The summed E-state index contributed by atoms with van der Waals surface area (Å²) in [7, 11) is 0.